The van der Waals surface area contributed by atoms with Gasteiger partial charge in [0.1, 0.15) is 11.5 Å². The van der Waals surface area contributed by atoms with Crippen molar-refractivity contribution < 1.29 is 9.47 Å². The monoisotopic (exact) mass is 349 g/mol. The standard InChI is InChI=1S/C17H21NO2.C2H6.CH4S/c1-19-16-9-13(10-17(11-16)20-2)8-15(12-18)14-6-4-3-5-7-14;2*1-2/h3-7,9-11,15H,8,12,18H2,1-2H3;1-2H3;2H,1H3. The van der Waals surface area contributed by atoms with E-state index in [1.165, 1.54) is 11.1 Å². The molecular formula is C20H31NO2S. The zero-order valence-electron chi connectivity index (χ0n) is 15.5. The first-order valence-electron chi connectivity index (χ1n) is 8.18. The zero-order chi connectivity index (χ0) is 18.4. The number of ether oxygens (including phenoxy) is 2. The van der Waals surface area contributed by atoms with Crippen LogP contribution in [0.4, 0.5) is 0 Å². The number of rotatable bonds is 6. The molecule has 1 unspecified atom stereocenters. The van der Waals surface area contributed by atoms with Crippen LogP contribution in [0.3, 0.4) is 0 Å². The SMILES string of the molecule is CC.COc1cc(CC(CN)c2ccccc2)cc(OC)c1.CS. The Morgan fingerprint density at radius 3 is 1.83 bits per heavy atom. The third kappa shape index (κ3) is 7.28. The fraction of sp³-hybridized carbons (Fsp3) is 0.400. The van der Waals surface area contributed by atoms with Crippen LogP contribution in [0.15, 0.2) is 48.5 Å². The van der Waals surface area contributed by atoms with Gasteiger partial charge in [-0.2, -0.15) is 12.6 Å². The summed E-state index contributed by atoms with van der Waals surface area (Å²) in [5.41, 5.74) is 8.36. The predicted molar refractivity (Wildman–Crippen MR) is 108 cm³/mol. The van der Waals surface area contributed by atoms with Crippen LogP contribution >= 0.6 is 12.6 Å². The average molecular weight is 350 g/mol. The van der Waals surface area contributed by atoms with Crippen molar-refractivity contribution in [3.63, 3.8) is 0 Å². The van der Waals surface area contributed by atoms with Crippen LogP contribution in [0, 0.1) is 0 Å². The van der Waals surface area contributed by atoms with Crippen LogP contribution < -0.4 is 15.2 Å². The summed E-state index contributed by atoms with van der Waals surface area (Å²) in [7, 11) is 3.33. The summed E-state index contributed by atoms with van der Waals surface area (Å²) in [6, 6.07) is 16.3. The Hall–Kier alpha value is -1.65. The molecule has 3 nitrogen and oxygen atoms in total. The van der Waals surface area contributed by atoms with Crippen molar-refractivity contribution in [2.24, 2.45) is 5.73 Å². The maximum atomic E-state index is 5.93. The second-order valence-corrected chi connectivity index (χ2v) is 4.77. The van der Waals surface area contributed by atoms with Crippen molar-refractivity contribution in [3.8, 4) is 11.5 Å². The van der Waals surface area contributed by atoms with Gasteiger partial charge in [-0.3, -0.25) is 0 Å². The Balaban J connectivity index is 0.00000123. The molecule has 24 heavy (non-hydrogen) atoms. The highest BCUT2D eigenvalue weighted by Crippen LogP contribution is 2.27. The van der Waals surface area contributed by atoms with E-state index in [0.29, 0.717) is 12.5 Å². The maximum Gasteiger partial charge on any atom is 0.122 e. The average Bonchev–Trinajstić information content (AvgIpc) is 2.69. The highest BCUT2D eigenvalue weighted by Gasteiger charge is 2.12. The summed E-state index contributed by atoms with van der Waals surface area (Å²) in [4.78, 5) is 0. The van der Waals surface area contributed by atoms with E-state index in [2.05, 4.69) is 24.8 Å². The Kier molecular flexibility index (Phi) is 12.8. The molecule has 4 heteroatoms. The molecule has 2 aromatic rings. The summed E-state index contributed by atoms with van der Waals surface area (Å²) < 4.78 is 10.6. The van der Waals surface area contributed by atoms with Crippen LogP contribution in [0.2, 0.25) is 0 Å². The molecule has 1 atom stereocenters. The highest BCUT2D eigenvalue weighted by atomic mass is 32.1. The number of thiol groups is 1. The summed E-state index contributed by atoms with van der Waals surface area (Å²) in [6.07, 6.45) is 2.56. The van der Waals surface area contributed by atoms with Gasteiger partial charge in [-0.05, 0) is 42.5 Å². The maximum absolute atomic E-state index is 5.93. The molecule has 2 N–H and O–H groups in total. The third-order valence-electron chi connectivity index (χ3n) is 3.45. The lowest BCUT2D eigenvalue weighted by Gasteiger charge is -2.16. The zero-order valence-corrected chi connectivity index (χ0v) is 16.3. The second-order valence-electron chi connectivity index (χ2n) is 4.77. The van der Waals surface area contributed by atoms with Crippen LogP contribution in [-0.4, -0.2) is 27.0 Å². The first-order chi connectivity index (χ1) is 11.8. The summed E-state index contributed by atoms with van der Waals surface area (Å²) in [5.74, 6) is 1.92. The summed E-state index contributed by atoms with van der Waals surface area (Å²) >= 11 is 3.53. The molecule has 0 heterocycles. The second kappa shape index (κ2) is 13.8. The highest BCUT2D eigenvalue weighted by molar-refractivity contribution is 7.79. The lowest BCUT2D eigenvalue weighted by molar-refractivity contribution is 0.393. The molecular weight excluding hydrogens is 318 g/mol. The van der Waals surface area contributed by atoms with Gasteiger partial charge < -0.3 is 15.2 Å². The smallest absolute Gasteiger partial charge is 0.122 e. The van der Waals surface area contributed by atoms with Gasteiger partial charge in [-0.25, -0.2) is 0 Å². The van der Waals surface area contributed by atoms with Crippen molar-refractivity contribution >= 4 is 12.6 Å². The van der Waals surface area contributed by atoms with E-state index in [1.54, 1.807) is 20.5 Å². The van der Waals surface area contributed by atoms with Gasteiger partial charge in [0.05, 0.1) is 14.2 Å². The molecule has 0 spiro atoms. The molecule has 0 bridgehead atoms. The molecule has 0 aliphatic heterocycles. The van der Waals surface area contributed by atoms with Crippen LogP contribution in [0.25, 0.3) is 0 Å². The van der Waals surface area contributed by atoms with Gasteiger partial charge in [0, 0.05) is 12.0 Å². The Morgan fingerprint density at radius 2 is 1.42 bits per heavy atom. The minimum atomic E-state index is 0.299. The molecule has 2 rings (SSSR count). The summed E-state index contributed by atoms with van der Waals surface area (Å²) in [6.45, 7) is 4.61. The third-order valence-corrected chi connectivity index (χ3v) is 3.45. The molecule has 0 radical (unpaired) electrons. The molecule has 0 amide bonds. The lowest BCUT2D eigenvalue weighted by atomic mass is 9.92. The van der Waals surface area contributed by atoms with Gasteiger partial charge in [0.15, 0.2) is 0 Å². The van der Waals surface area contributed by atoms with Crippen molar-refractivity contribution in [2.75, 3.05) is 27.0 Å². The first kappa shape index (κ1) is 22.4. The molecule has 0 fully saturated rings. The van der Waals surface area contributed by atoms with Gasteiger partial charge in [-0.15, -0.1) is 0 Å². The fourth-order valence-corrected chi connectivity index (χ4v) is 2.33. The van der Waals surface area contributed by atoms with Crippen LogP contribution in [0.1, 0.15) is 30.9 Å². The van der Waals surface area contributed by atoms with Crippen molar-refractivity contribution in [1.29, 1.82) is 0 Å². The van der Waals surface area contributed by atoms with Gasteiger partial charge in [-0.1, -0.05) is 44.2 Å². The van der Waals surface area contributed by atoms with Gasteiger partial charge in [0.2, 0.25) is 0 Å². The number of benzene rings is 2. The van der Waals surface area contributed by atoms with Crippen LogP contribution in [0.5, 0.6) is 11.5 Å². The van der Waals surface area contributed by atoms with E-state index in [1.807, 2.05) is 50.2 Å². The van der Waals surface area contributed by atoms with E-state index >= 15 is 0 Å². The topological polar surface area (TPSA) is 44.5 Å². The van der Waals surface area contributed by atoms with Crippen LogP contribution in [-0.2, 0) is 6.42 Å². The van der Waals surface area contributed by atoms with E-state index in [-0.39, 0.29) is 0 Å². The predicted octanol–water partition coefficient (Wildman–Crippen LogP) is 4.56. The largest absolute Gasteiger partial charge is 0.497 e. The molecule has 0 aliphatic carbocycles. The minimum absolute atomic E-state index is 0.299. The molecule has 134 valence electrons. The molecule has 0 saturated heterocycles. The quantitative estimate of drug-likeness (QED) is 0.751. The molecule has 0 aliphatic rings. The molecule has 0 saturated carbocycles. The minimum Gasteiger partial charge on any atom is -0.497 e. The number of methoxy groups -OCH3 is 2. The van der Waals surface area contributed by atoms with E-state index < -0.39 is 0 Å². The van der Waals surface area contributed by atoms with Gasteiger partial charge >= 0.3 is 0 Å². The molecule has 2 aromatic carbocycles. The Labute approximate surface area is 152 Å². The Bertz CT molecular complexity index is 524. The summed E-state index contributed by atoms with van der Waals surface area (Å²) in [5, 5.41) is 0. The fourth-order valence-electron chi connectivity index (χ4n) is 2.33. The van der Waals surface area contributed by atoms with Crippen molar-refractivity contribution in [1.82, 2.24) is 0 Å². The number of hydrogen-bond acceptors (Lipinski definition) is 4. The normalized spacial score (nSPS) is 10.5. The Morgan fingerprint density at radius 1 is 0.917 bits per heavy atom. The van der Waals surface area contributed by atoms with Crippen molar-refractivity contribution in [3.05, 3.63) is 59.7 Å². The number of nitrogens with two attached hydrogens (primary N) is 1. The van der Waals surface area contributed by atoms with E-state index in [9.17, 15) is 0 Å². The van der Waals surface area contributed by atoms with E-state index in [0.717, 1.165) is 17.9 Å². The lowest BCUT2D eigenvalue weighted by Crippen LogP contribution is -2.15. The first-order valence-corrected chi connectivity index (χ1v) is 9.08. The van der Waals surface area contributed by atoms with E-state index in [4.69, 9.17) is 15.2 Å². The number of hydrogen-bond donors (Lipinski definition) is 2. The van der Waals surface area contributed by atoms with Gasteiger partial charge in [0.25, 0.3) is 0 Å². The van der Waals surface area contributed by atoms with Crippen molar-refractivity contribution in [2.45, 2.75) is 26.2 Å². The molecule has 0 aromatic heterocycles.